The van der Waals surface area contributed by atoms with Crippen molar-refractivity contribution in [3.8, 4) is 12.3 Å². The number of carbonyl (C=O) groups excluding carboxylic acids is 1. The number of likely N-dealkylation sites (N-methyl/N-ethyl adjacent to an activating group) is 1. The first-order valence-corrected chi connectivity index (χ1v) is 5.82. The van der Waals surface area contributed by atoms with Crippen LogP contribution in [0.15, 0.2) is 0 Å². The van der Waals surface area contributed by atoms with E-state index in [9.17, 15) is 4.79 Å². The number of nitrogens with one attached hydrogen (secondary N) is 2. The number of unbranched alkanes of at least 4 members (excludes halogenated alkanes) is 1. The Morgan fingerprint density at radius 1 is 1.56 bits per heavy atom. The maximum atomic E-state index is 11.8. The molecular weight excluding hydrogens is 204 g/mol. The minimum Gasteiger partial charge on any atom is -0.379 e. The summed E-state index contributed by atoms with van der Waals surface area (Å²) < 4.78 is 5.32. The standard InChI is InChI=1S/C12H20N2O2/c1-3-5-6-7-14-12(15)10-8-16-9-11(10)13-4-2/h1,10-11,13H,4-9H2,2H3,(H,14,15). The lowest BCUT2D eigenvalue weighted by Gasteiger charge is -2.17. The van der Waals surface area contributed by atoms with Gasteiger partial charge in [0.2, 0.25) is 5.91 Å². The molecule has 0 saturated carbocycles. The fraction of sp³-hybridized carbons (Fsp3) is 0.750. The van der Waals surface area contributed by atoms with Crippen molar-refractivity contribution < 1.29 is 9.53 Å². The number of hydrogen-bond donors (Lipinski definition) is 2. The van der Waals surface area contributed by atoms with Crippen molar-refractivity contribution in [3.63, 3.8) is 0 Å². The van der Waals surface area contributed by atoms with Gasteiger partial charge in [0.25, 0.3) is 0 Å². The zero-order chi connectivity index (χ0) is 11.8. The smallest absolute Gasteiger partial charge is 0.227 e. The normalized spacial score (nSPS) is 24.0. The largest absolute Gasteiger partial charge is 0.379 e. The lowest BCUT2D eigenvalue weighted by molar-refractivity contribution is -0.125. The summed E-state index contributed by atoms with van der Waals surface area (Å²) in [7, 11) is 0. The Balaban J connectivity index is 2.27. The first-order chi connectivity index (χ1) is 7.79. The lowest BCUT2D eigenvalue weighted by Crippen LogP contribution is -2.44. The molecule has 0 spiro atoms. The molecule has 1 amide bonds. The zero-order valence-corrected chi connectivity index (χ0v) is 9.79. The van der Waals surface area contributed by atoms with E-state index < -0.39 is 0 Å². The molecule has 0 aromatic carbocycles. The van der Waals surface area contributed by atoms with E-state index >= 15 is 0 Å². The molecule has 1 rings (SSSR count). The Morgan fingerprint density at radius 3 is 3.06 bits per heavy atom. The van der Waals surface area contributed by atoms with Gasteiger partial charge in [0.15, 0.2) is 0 Å². The number of carbonyl (C=O) groups is 1. The number of ether oxygens (including phenoxy) is 1. The highest BCUT2D eigenvalue weighted by Gasteiger charge is 2.32. The van der Waals surface area contributed by atoms with E-state index in [2.05, 4.69) is 16.6 Å². The van der Waals surface area contributed by atoms with Crippen molar-refractivity contribution in [1.82, 2.24) is 10.6 Å². The van der Waals surface area contributed by atoms with Gasteiger partial charge in [0.1, 0.15) is 0 Å². The van der Waals surface area contributed by atoms with Gasteiger partial charge in [0, 0.05) is 19.0 Å². The average molecular weight is 224 g/mol. The third-order valence-electron chi connectivity index (χ3n) is 2.68. The SMILES string of the molecule is C#CCCCNC(=O)C1COCC1NCC. The van der Waals surface area contributed by atoms with Crippen LogP contribution in [0.1, 0.15) is 19.8 Å². The number of rotatable bonds is 6. The van der Waals surface area contributed by atoms with Crippen molar-refractivity contribution in [3.05, 3.63) is 0 Å². The molecule has 4 heteroatoms. The maximum Gasteiger partial charge on any atom is 0.227 e. The van der Waals surface area contributed by atoms with Gasteiger partial charge in [-0.2, -0.15) is 0 Å². The summed E-state index contributed by atoms with van der Waals surface area (Å²) in [5.41, 5.74) is 0. The quantitative estimate of drug-likeness (QED) is 0.498. The van der Waals surface area contributed by atoms with Gasteiger partial charge in [-0.15, -0.1) is 12.3 Å². The highest BCUT2D eigenvalue weighted by molar-refractivity contribution is 5.79. The van der Waals surface area contributed by atoms with Gasteiger partial charge in [-0.25, -0.2) is 0 Å². The lowest BCUT2D eigenvalue weighted by atomic mass is 10.0. The van der Waals surface area contributed by atoms with E-state index in [0.29, 0.717) is 26.2 Å². The second-order valence-corrected chi connectivity index (χ2v) is 3.91. The Labute approximate surface area is 97.1 Å². The predicted octanol–water partition coefficient (Wildman–Crippen LogP) is 0.141. The number of hydrogen-bond acceptors (Lipinski definition) is 3. The van der Waals surface area contributed by atoms with Crippen LogP contribution in [0.2, 0.25) is 0 Å². The van der Waals surface area contributed by atoms with Crippen LogP contribution in [-0.4, -0.2) is 38.3 Å². The minimum absolute atomic E-state index is 0.0641. The molecule has 2 unspecified atom stereocenters. The van der Waals surface area contributed by atoms with Gasteiger partial charge in [-0.1, -0.05) is 6.92 Å². The van der Waals surface area contributed by atoms with E-state index in [-0.39, 0.29) is 17.9 Å². The molecule has 1 fully saturated rings. The second kappa shape index (κ2) is 7.26. The summed E-state index contributed by atoms with van der Waals surface area (Å²) in [6.07, 6.45) is 6.68. The van der Waals surface area contributed by atoms with E-state index in [1.807, 2.05) is 6.92 Å². The third-order valence-corrected chi connectivity index (χ3v) is 2.68. The molecule has 0 radical (unpaired) electrons. The number of terminal acetylenes is 1. The Hall–Kier alpha value is -1.05. The summed E-state index contributed by atoms with van der Waals surface area (Å²) in [6.45, 7) is 4.67. The molecule has 1 aliphatic heterocycles. The molecular formula is C12H20N2O2. The Kier molecular flexibility index (Phi) is 5.91. The highest BCUT2D eigenvalue weighted by atomic mass is 16.5. The van der Waals surface area contributed by atoms with Crippen LogP contribution in [0.25, 0.3) is 0 Å². The maximum absolute atomic E-state index is 11.8. The molecule has 0 bridgehead atoms. The Bertz CT molecular complexity index is 260. The molecule has 0 aromatic rings. The van der Waals surface area contributed by atoms with E-state index in [1.165, 1.54) is 0 Å². The van der Waals surface area contributed by atoms with Crippen molar-refractivity contribution >= 4 is 5.91 Å². The fourth-order valence-electron chi connectivity index (χ4n) is 1.81. The third kappa shape index (κ3) is 3.84. The monoisotopic (exact) mass is 224 g/mol. The molecule has 16 heavy (non-hydrogen) atoms. The van der Waals surface area contributed by atoms with Gasteiger partial charge >= 0.3 is 0 Å². The van der Waals surface area contributed by atoms with Gasteiger partial charge in [-0.3, -0.25) is 4.79 Å². The van der Waals surface area contributed by atoms with Crippen molar-refractivity contribution in [2.75, 3.05) is 26.3 Å². The van der Waals surface area contributed by atoms with Gasteiger partial charge in [0.05, 0.1) is 19.1 Å². The molecule has 0 aromatic heterocycles. The van der Waals surface area contributed by atoms with E-state index in [4.69, 9.17) is 11.2 Å². The molecule has 2 atom stereocenters. The van der Waals surface area contributed by atoms with Crippen LogP contribution in [-0.2, 0) is 9.53 Å². The fourth-order valence-corrected chi connectivity index (χ4v) is 1.81. The predicted molar refractivity (Wildman–Crippen MR) is 62.9 cm³/mol. The molecule has 1 aliphatic rings. The van der Waals surface area contributed by atoms with Crippen molar-refractivity contribution in [2.45, 2.75) is 25.8 Å². The molecule has 2 N–H and O–H groups in total. The van der Waals surface area contributed by atoms with E-state index in [1.54, 1.807) is 0 Å². The van der Waals surface area contributed by atoms with Crippen molar-refractivity contribution in [2.24, 2.45) is 5.92 Å². The van der Waals surface area contributed by atoms with Crippen LogP contribution in [0, 0.1) is 18.3 Å². The van der Waals surface area contributed by atoms with Crippen LogP contribution >= 0.6 is 0 Å². The van der Waals surface area contributed by atoms with Gasteiger partial charge in [-0.05, 0) is 13.0 Å². The van der Waals surface area contributed by atoms with Crippen LogP contribution in [0.5, 0.6) is 0 Å². The van der Waals surface area contributed by atoms with E-state index in [0.717, 1.165) is 13.0 Å². The van der Waals surface area contributed by atoms with Crippen LogP contribution < -0.4 is 10.6 Å². The topological polar surface area (TPSA) is 50.4 Å². The summed E-state index contributed by atoms with van der Waals surface area (Å²) in [5, 5.41) is 6.15. The summed E-state index contributed by atoms with van der Waals surface area (Å²) >= 11 is 0. The summed E-state index contributed by atoms with van der Waals surface area (Å²) in [4.78, 5) is 11.8. The minimum atomic E-state index is -0.0641. The van der Waals surface area contributed by atoms with Crippen LogP contribution in [0.4, 0.5) is 0 Å². The first kappa shape index (κ1) is 13.0. The van der Waals surface area contributed by atoms with Crippen LogP contribution in [0.3, 0.4) is 0 Å². The molecule has 4 nitrogen and oxygen atoms in total. The zero-order valence-electron chi connectivity index (χ0n) is 9.79. The summed E-state index contributed by atoms with van der Waals surface area (Å²) in [6, 6.07) is 0.151. The molecule has 1 heterocycles. The summed E-state index contributed by atoms with van der Waals surface area (Å²) in [5.74, 6) is 2.56. The Morgan fingerprint density at radius 2 is 2.38 bits per heavy atom. The van der Waals surface area contributed by atoms with Crippen molar-refractivity contribution in [1.29, 1.82) is 0 Å². The highest BCUT2D eigenvalue weighted by Crippen LogP contribution is 2.13. The molecule has 0 aliphatic carbocycles. The molecule has 90 valence electrons. The molecule has 1 saturated heterocycles. The average Bonchev–Trinajstić information content (AvgIpc) is 2.73. The number of amides is 1. The first-order valence-electron chi connectivity index (χ1n) is 5.82. The second-order valence-electron chi connectivity index (χ2n) is 3.91. The van der Waals surface area contributed by atoms with Gasteiger partial charge < -0.3 is 15.4 Å².